The lowest BCUT2D eigenvalue weighted by atomic mass is 10.0. The first kappa shape index (κ1) is 12.1. The van der Waals surface area contributed by atoms with E-state index in [0.717, 1.165) is 5.56 Å². The molecule has 0 atom stereocenters. The average molecular weight is 255 g/mol. The largest absolute Gasteiger partial charge is 0.465 e. The van der Waals surface area contributed by atoms with Crippen LogP contribution in [0, 0.1) is 6.92 Å². The molecule has 1 aromatic carbocycles. The summed E-state index contributed by atoms with van der Waals surface area (Å²) in [5, 5.41) is 2.82. The lowest BCUT2D eigenvalue weighted by molar-refractivity contribution is 0.0599. The molecule has 5 nitrogen and oxygen atoms in total. The maximum absolute atomic E-state index is 11.8. The Kier molecular flexibility index (Phi) is 2.92. The highest BCUT2D eigenvalue weighted by atomic mass is 32.2. The van der Waals surface area contributed by atoms with E-state index in [2.05, 4.69) is 10.1 Å². The van der Waals surface area contributed by atoms with E-state index in [1.807, 2.05) is 0 Å². The summed E-state index contributed by atoms with van der Waals surface area (Å²) in [4.78, 5) is 11.7. The molecule has 1 N–H and O–H groups in total. The molecule has 0 spiro atoms. The van der Waals surface area contributed by atoms with Crippen LogP contribution >= 0.6 is 0 Å². The van der Waals surface area contributed by atoms with Crippen molar-refractivity contribution in [2.24, 2.45) is 0 Å². The monoisotopic (exact) mass is 255 g/mol. The molecule has 0 fully saturated rings. The molecule has 0 aromatic heterocycles. The highest BCUT2D eigenvalue weighted by molar-refractivity contribution is 7.91. The fraction of sp³-hybridized carbons (Fsp3) is 0.364. The number of ether oxygens (including phenoxy) is 1. The smallest absolute Gasteiger partial charge is 0.338 e. The van der Waals surface area contributed by atoms with Crippen molar-refractivity contribution in [1.82, 2.24) is 5.32 Å². The summed E-state index contributed by atoms with van der Waals surface area (Å²) < 4.78 is 28.3. The van der Waals surface area contributed by atoms with Gasteiger partial charge in [0.2, 0.25) is 0 Å². The van der Waals surface area contributed by atoms with Crippen molar-refractivity contribution in [3.8, 4) is 0 Å². The van der Waals surface area contributed by atoms with E-state index in [4.69, 9.17) is 0 Å². The molecular weight excluding hydrogens is 242 g/mol. The predicted molar refractivity (Wildman–Crippen MR) is 61.4 cm³/mol. The number of hydrogen-bond donors (Lipinski definition) is 1. The molecule has 0 saturated carbocycles. The molecule has 0 unspecified atom stereocenters. The van der Waals surface area contributed by atoms with Crippen molar-refractivity contribution in [2.45, 2.75) is 18.4 Å². The number of hydrogen-bond acceptors (Lipinski definition) is 5. The summed E-state index contributed by atoms with van der Waals surface area (Å²) in [6.07, 6.45) is 0. The van der Waals surface area contributed by atoms with Crippen LogP contribution in [-0.4, -0.2) is 27.4 Å². The average Bonchev–Trinajstić information content (AvgIpc) is 2.27. The van der Waals surface area contributed by atoms with E-state index >= 15 is 0 Å². The molecule has 92 valence electrons. The van der Waals surface area contributed by atoms with Crippen LogP contribution in [0.15, 0.2) is 17.0 Å². The molecule has 0 amide bonds. The Balaban J connectivity index is 2.65. The van der Waals surface area contributed by atoms with Crippen molar-refractivity contribution in [1.29, 1.82) is 0 Å². The van der Waals surface area contributed by atoms with Crippen molar-refractivity contribution < 1.29 is 17.9 Å². The van der Waals surface area contributed by atoms with Crippen LogP contribution in [0.2, 0.25) is 0 Å². The third kappa shape index (κ3) is 2.05. The van der Waals surface area contributed by atoms with Crippen LogP contribution in [0.3, 0.4) is 0 Å². The first-order chi connectivity index (χ1) is 7.95. The number of esters is 1. The van der Waals surface area contributed by atoms with Gasteiger partial charge in [-0.05, 0) is 24.1 Å². The lowest BCUT2D eigenvalue weighted by Gasteiger charge is -2.19. The van der Waals surface area contributed by atoms with Crippen LogP contribution in [0.1, 0.15) is 21.5 Å². The van der Waals surface area contributed by atoms with Gasteiger partial charge in [-0.3, -0.25) is 5.32 Å². The van der Waals surface area contributed by atoms with Gasteiger partial charge in [0.05, 0.1) is 17.6 Å². The molecule has 2 rings (SSSR count). The second kappa shape index (κ2) is 4.12. The van der Waals surface area contributed by atoms with Crippen LogP contribution in [-0.2, 0) is 21.1 Å². The van der Waals surface area contributed by atoms with E-state index in [-0.39, 0.29) is 10.8 Å². The van der Waals surface area contributed by atoms with Gasteiger partial charge < -0.3 is 4.74 Å². The van der Waals surface area contributed by atoms with Gasteiger partial charge in [-0.15, -0.1) is 0 Å². The van der Waals surface area contributed by atoms with Crippen LogP contribution in [0.25, 0.3) is 0 Å². The predicted octanol–water partition coefficient (Wildman–Crippen LogP) is 0.616. The molecule has 6 heteroatoms. The third-order valence-corrected chi connectivity index (χ3v) is 4.39. The maximum atomic E-state index is 11.8. The highest BCUT2D eigenvalue weighted by Crippen LogP contribution is 2.25. The molecular formula is C11H13NO4S. The second-order valence-electron chi connectivity index (χ2n) is 3.95. The Hall–Kier alpha value is -1.40. The zero-order valence-corrected chi connectivity index (χ0v) is 10.4. The Morgan fingerprint density at radius 2 is 2.12 bits per heavy atom. The number of methoxy groups -OCH3 is 1. The minimum Gasteiger partial charge on any atom is -0.465 e. The van der Waals surface area contributed by atoms with Crippen molar-refractivity contribution in [2.75, 3.05) is 13.0 Å². The molecule has 1 aliphatic rings. The second-order valence-corrected chi connectivity index (χ2v) is 5.91. The minimum atomic E-state index is -3.34. The number of carbonyl (C=O) groups is 1. The SMILES string of the molecule is COC(=O)c1cc2c(cc1C)CNCS2(=O)=O. The van der Waals surface area contributed by atoms with Crippen molar-refractivity contribution >= 4 is 15.8 Å². The number of benzene rings is 1. The summed E-state index contributed by atoms with van der Waals surface area (Å²) in [6.45, 7) is 2.25. The first-order valence-corrected chi connectivity index (χ1v) is 6.76. The van der Waals surface area contributed by atoms with Crippen molar-refractivity contribution in [3.63, 3.8) is 0 Å². The summed E-state index contributed by atoms with van der Waals surface area (Å²) in [7, 11) is -2.07. The van der Waals surface area contributed by atoms with E-state index in [1.54, 1.807) is 13.0 Å². The zero-order valence-electron chi connectivity index (χ0n) is 9.61. The normalized spacial score (nSPS) is 17.3. The highest BCUT2D eigenvalue weighted by Gasteiger charge is 2.25. The number of fused-ring (bicyclic) bond motifs is 1. The van der Waals surface area contributed by atoms with E-state index in [1.165, 1.54) is 13.2 Å². The number of sulfone groups is 1. The van der Waals surface area contributed by atoms with Gasteiger partial charge in [0.15, 0.2) is 9.84 Å². The van der Waals surface area contributed by atoms with Gasteiger partial charge in [-0.1, -0.05) is 6.07 Å². The quantitative estimate of drug-likeness (QED) is 0.745. The molecule has 1 aliphatic heterocycles. The summed E-state index contributed by atoms with van der Waals surface area (Å²) in [5.74, 6) is -0.608. The van der Waals surface area contributed by atoms with E-state index in [0.29, 0.717) is 17.7 Å². The van der Waals surface area contributed by atoms with Crippen LogP contribution in [0.4, 0.5) is 0 Å². The van der Waals surface area contributed by atoms with Crippen LogP contribution < -0.4 is 5.32 Å². The molecule has 0 radical (unpaired) electrons. The van der Waals surface area contributed by atoms with Gasteiger partial charge in [0.1, 0.15) is 5.88 Å². The number of aryl methyl sites for hydroxylation is 1. The molecule has 17 heavy (non-hydrogen) atoms. The first-order valence-electron chi connectivity index (χ1n) is 5.11. The Bertz CT molecular complexity index is 577. The maximum Gasteiger partial charge on any atom is 0.338 e. The summed E-state index contributed by atoms with van der Waals surface area (Å²) >= 11 is 0. The van der Waals surface area contributed by atoms with Crippen LogP contribution in [0.5, 0.6) is 0 Å². The Morgan fingerprint density at radius 1 is 1.41 bits per heavy atom. The molecule has 1 heterocycles. The van der Waals surface area contributed by atoms with Crippen molar-refractivity contribution in [3.05, 3.63) is 28.8 Å². The fourth-order valence-corrected chi connectivity index (χ4v) is 3.26. The number of carbonyl (C=O) groups excluding carboxylic acids is 1. The Labute approximate surface area is 99.7 Å². The molecule has 1 aromatic rings. The standard InChI is InChI=1S/C11H13NO4S/c1-7-3-8-5-12-6-17(14,15)10(8)4-9(7)11(13)16-2/h3-4,12H,5-6H2,1-2H3. The van der Waals surface area contributed by atoms with Gasteiger partial charge in [-0.2, -0.15) is 0 Å². The lowest BCUT2D eigenvalue weighted by Crippen LogP contribution is -2.30. The topological polar surface area (TPSA) is 72.5 Å². The van der Waals surface area contributed by atoms with Gasteiger partial charge in [-0.25, -0.2) is 13.2 Å². The third-order valence-electron chi connectivity index (χ3n) is 2.76. The zero-order chi connectivity index (χ0) is 12.6. The van der Waals surface area contributed by atoms with Gasteiger partial charge >= 0.3 is 5.97 Å². The number of nitrogens with one attached hydrogen (secondary N) is 1. The summed E-state index contributed by atoms with van der Waals surface area (Å²) in [5.41, 5.74) is 1.72. The molecule has 0 bridgehead atoms. The molecule has 0 aliphatic carbocycles. The van der Waals surface area contributed by atoms with E-state index < -0.39 is 15.8 Å². The molecule has 0 saturated heterocycles. The number of rotatable bonds is 1. The van der Waals surface area contributed by atoms with E-state index in [9.17, 15) is 13.2 Å². The minimum absolute atomic E-state index is 0.0936. The summed E-state index contributed by atoms with van der Waals surface area (Å²) in [6, 6.07) is 3.12. The van der Waals surface area contributed by atoms with Gasteiger partial charge in [0, 0.05) is 6.54 Å². The van der Waals surface area contributed by atoms with Gasteiger partial charge in [0.25, 0.3) is 0 Å². The fourth-order valence-electron chi connectivity index (χ4n) is 1.90. The Morgan fingerprint density at radius 3 is 2.76 bits per heavy atom.